The summed E-state index contributed by atoms with van der Waals surface area (Å²) < 4.78 is 8.37. The zero-order chi connectivity index (χ0) is 15.0. The monoisotopic (exact) mass is 341 g/mol. The molecule has 0 atom stereocenters. The van der Waals surface area contributed by atoms with Gasteiger partial charge in [0.2, 0.25) is 5.88 Å². The first kappa shape index (κ1) is 13.7. The Morgan fingerprint density at radius 1 is 1.24 bits per heavy atom. The molecule has 2 aromatic carbocycles. The van der Waals surface area contributed by atoms with E-state index in [4.69, 9.17) is 4.74 Å². The number of nitrogens with zero attached hydrogens (tertiary/aromatic N) is 3. The minimum Gasteiger partial charge on any atom is -0.437 e. The van der Waals surface area contributed by atoms with E-state index >= 15 is 0 Å². The largest absolute Gasteiger partial charge is 0.437 e. The summed E-state index contributed by atoms with van der Waals surface area (Å²) >= 11 is 3.58. The maximum absolute atomic E-state index is 9.24. The van der Waals surface area contributed by atoms with Gasteiger partial charge in [0.1, 0.15) is 17.4 Å². The van der Waals surface area contributed by atoms with Crippen molar-refractivity contribution in [3.8, 4) is 17.7 Å². The zero-order valence-electron chi connectivity index (χ0n) is 11.6. The first-order valence-electron chi connectivity index (χ1n) is 6.40. The Morgan fingerprint density at radius 3 is 2.76 bits per heavy atom. The predicted molar refractivity (Wildman–Crippen MR) is 84.4 cm³/mol. The van der Waals surface area contributed by atoms with Crippen LogP contribution >= 0.6 is 15.9 Å². The van der Waals surface area contributed by atoms with Crippen molar-refractivity contribution in [1.29, 1.82) is 5.26 Å². The number of hydrogen-bond donors (Lipinski definition) is 0. The van der Waals surface area contributed by atoms with E-state index in [2.05, 4.69) is 27.1 Å². The average molecular weight is 342 g/mol. The summed E-state index contributed by atoms with van der Waals surface area (Å²) in [6.07, 6.45) is 0. The number of hydrogen-bond acceptors (Lipinski definition) is 3. The maximum Gasteiger partial charge on any atom is 0.235 e. The fourth-order valence-electron chi connectivity index (χ4n) is 2.28. The van der Waals surface area contributed by atoms with E-state index in [1.165, 1.54) is 0 Å². The van der Waals surface area contributed by atoms with Gasteiger partial charge in [0.05, 0.1) is 10.2 Å². The summed E-state index contributed by atoms with van der Waals surface area (Å²) in [5.74, 6) is 1.11. The molecular formula is C16H12BrN3O. The van der Waals surface area contributed by atoms with Crippen LogP contribution in [0.2, 0.25) is 0 Å². The molecule has 3 aromatic rings. The Balaban J connectivity index is 2.11. The summed E-state index contributed by atoms with van der Waals surface area (Å²) in [5, 5.41) is 15.6. The summed E-state index contributed by atoms with van der Waals surface area (Å²) in [6.45, 7) is 1.79. The van der Waals surface area contributed by atoms with Gasteiger partial charge in [-0.25, -0.2) is 4.68 Å². The molecule has 0 aliphatic heterocycles. The van der Waals surface area contributed by atoms with E-state index < -0.39 is 0 Å². The third-order valence-corrected chi connectivity index (χ3v) is 4.13. The molecule has 0 fully saturated rings. The molecule has 0 spiro atoms. The molecule has 0 aliphatic carbocycles. The molecule has 1 heterocycles. The number of ether oxygens (including phenoxy) is 1. The SMILES string of the molecule is Cc1nn(C)c(Oc2ccc3ccccc3c2Br)c1C#N. The normalized spacial score (nSPS) is 10.6. The predicted octanol–water partition coefficient (Wildman–Crippen LogP) is 4.31. The molecule has 104 valence electrons. The highest BCUT2D eigenvalue weighted by molar-refractivity contribution is 9.10. The minimum absolute atomic E-state index is 0.450. The lowest BCUT2D eigenvalue weighted by atomic mass is 10.1. The van der Waals surface area contributed by atoms with Crippen LogP contribution < -0.4 is 4.74 Å². The van der Waals surface area contributed by atoms with Crippen LogP contribution in [0.1, 0.15) is 11.3 Å². The van der Waals surface area contributed by atoms with Gasteiger partial charge in [0.15, 0.2) is 0 Å². The van der Waals surface area contributed by atoms with Gasteiger partial charge in [-0.05, 0) is 39.7 Å². The molecule has 5 heteroatoms. The second-order valence-electron chi connectivity index (χ2n) is 4.70. The van der Waals surface area contributed by atoms with Crippen LogP contribution in [0.5, 0.6) is 11.6 Å². The smallest absolute Gasteiger partial charge is 0.235 e. The lowest BCUT2D eigenvalue weighted by Gasteiger charge is -2.10. The molecule has 0 saturated heterocycles. The molecule has 0 unspecified atom stereocenters. The lowest BCUT2D eigenvalue weighted by molar-refractivity contribution is 0.428. The van der Waals surface area contributed by atoms with Gasteiger partial charge in [-0.15, -0.1) is 0 Å². The van der Waals surface area contributed by atoms with Crippen molar-refractivity contribution in [1.82, 2.24) is 9.78 Å². The number of aryl methyl sites for hydroxylation is 2. The minimum atomic E-state index is 0.450. The van der Waals surface area contributed by atoms with E-state index in [0.29, 0.717) is 22.9 Å². The van der Waals surface area contributed by atoms with Gasteiger partial charge in [0.25, 0.3) is 0 Å². The highest BCUT2D eigenvalue weighted by Crippen LogP contribution is 2.36. The molecule has 0 saturated carbocycles. The van der Waals surface area contributed by atoms with Crippen molar-refractivity contribution in [3.63, 3.8) is 0 Å². The zero-order valence-corrected chi connectivity index (χ0v) is 13.2. The number of rotatable bonds is 2. The third kappa shape index (κ3) is 2.28. The molecule has 3 rings (SSSR count). The Labute approximate surface area is 130 Å². The summed E-state index contributed by atoms with van der Waals surface area (Å²) in [6, 6.07) is 14.0. The highest BCUT2D eigenvalue weighted by atomic mass is 79.9. The Kier molecular flexibility index (Phi) is 3.40. The number of aromatic nitrogens is 2. The standard InChI is InChI=1S/C16H12BrN3O/c1-10-13(9-18)16(20(2)19-10)21-14-8-7-11-5-3-4-6-12(11)15(14)17/h3-8H,1-2H3. The molecular weight excluding hydrogens is 330 g/mol. The van der Waals surface area contributed by atoms with E-state index in [0.717, 1.165) is 15.2 Å². The fourth-order valence-corrected chi connectivity index (χ4v) is 2.85. The van der Waals surface area contributed by atoms with Crippen LogP contribution in [-0.4, -0.2) is 9.78 Å². The van der Waals surface area contributed by atoms with Gasteiger partial charge in [-0.2, -0.15) is 10.4 Å². The highest BCUT2D eigenvalue weighted by Gasteiger charge is 2.17. The Bertz CT molecular complexity index is 877. The van der Waals surface area contributed by atoms with Crippen LogP contribution in [0, 0.1) is 18.3 Å². The Hall–Kier alpha value is -2.32. The Morgan fingerprint density at radius 2 is 2.00 bits per heavy atom. The summed E-state index contributed by atoms with van der Waals surface area (Å²) in [5.41, 5.74) is 1.12. The van der Waals surface area contributed by atoms with Gasteiger partial charge < -0.3 is 4.74 Å². The van der Waals surface area contributed by atoms with Crippen molar-refractivity contribution in [2.75, 3.05) is 0 Å². The first-order chi connectivity index (χ1) is 10.1. The molecule has 4 nitrogen and oxygen atoms in total. The van der Waals surface area contributed by atoms with Crippen LogP contribution in [0.3, 0.4) is 0 Å². The molecule has 0 amide bonds. The summed E-state index contributed by atoms with van der Waals surface area (Å²) in [7, 11) is 1.76. The topological polar surface area (TPSA) is 50.8 Å². The lowest BCUT2D eigenvalue weighted by Crippen LogP contribution is -1.96. The third-order valence-electron chi connectivity index (χ3n) is 3.32. The number of halogens is 1. The molecule has 0 radical (unpaired) electrons. The molecule has 21 heavy (non-hydrogen) atoms. The van der Waals surface area contributed by atoms with Crippen LogP contribution in [0.25, 0.3) is 10.8 Å². The van der Waals surface area contributed by atoms with Crippen molar-refractivity contribution < 1.29 is 4.74 Å². The van der Waals surface area contributed by atoms with Gasteiger partial charge in [-0.1, -0.05) is 30.3 Å². The fraction of sp³-hybridized carbons (Fsp3) is 0.125. The average Bonchev–Trinajstić information content (AvgIpc) is 2.75. The summed E-state index contributed by atoms with van der Waals surface area (Å²) in [4.78, 5) is 0. The van der Waals surface area contributed by atoms with Gasteiger partial charge in [0, 0.05) is 7.05 Å². The quantitative estimate of drug-likeness (QED) is 0.697. The van der Waals surface area contributed by atoms with Crippen LogP contribution in [0.15, 0.2) is 40.9 Å². The first-order valence-corrected chi connectivity index (χ1v) is 7.20. The molecule has 0 N–H and O–H groups in total. The number of fused-ring (bicyclic) bond motifs is 1. The van der Waals surface area contributed by atoms with Crippen LogP contribution in [-0.2, 0) is 7.05 Å². The maximum atomic E-state index is 9.24. The van der Waals surface area contributed by atoms with E-state index in [1.807, 2.05) is 36.4 Å². The second-order valence-corrected chi connectivity index (χ2v) is 5.49. The molecule has 1 aromatic heterocycles. The van der Waals surface area contributed by atoms with Crippen LogP contribution in [0.4, 0.5) is 0 Å². The second kappa shape index (κ2) is 5.23. The van der Waals surface area contributed by atoms with Crippen molar-refractivity contribution in [2.45, 2.75) is 6.92 Å². The van der Waals surface area contributed by atoms with E-state index in [-0.39, 0.29) is 0 Å². The number of benzene rings is 2. The van der Waals surface area contributed by atoms with Crippen molar-refractivity contribution in [3.05, 3.63) is 52.1 Å². The number of nitriles is 1. The van der Waals surface area contributed by atoms with Crippen molar-refractivity contribution >= 4 is 26.7 Å². The molecule has 0 aliphatic rings. The van der Waals surface area contributed by atoms with Gasteiger partial charge in [-0.3, -0.25) is 0 Å². The van der Waals surface area contributed by atoms with E-state index in [1.54, 1.807) is 18.7 Å². The molecule has 0 bridgehead atoms. The van der Waals surface area contributed by atoms with E-state index in [9.17, 15) is 5.26 Å². The van der Waals surface area contributed by atoms with Gasteiger partial charge >= 0.3 is 0 Å². The van der Waals surface area contributed by atoms with Crippen molar-refractivity contribution in [2.24, 2.45) is 7.05 Å².